The lowest BCUT2D eigenvalue weighted by molar-refractivity contribution is 0.313. The number of piperazine rings is 1. The quantitative estimate of drug-likeness (QED) is 0.825. The number of benzene rings is 1. The number of likely N-dealkylation sites (N-methyl/N-ethyl adjacent to an activating group) is 1. The maximum atomic E-state index is 6.26. The van der Waals surface area contributed by atoms with Gasteiger partial charge in [-0.05, 0) is 7.05 Å². The minimum atomic E-state index is 0.652. The van der Waals surface area contributed by atoms with Crippen molar-refractivity contribution in [1.29, 1.82) is 0 Å². The Bertz CT molecular complexity index is 380. The van der Waals surface area contributed by atoms with Crippen molar-refractivity contribution in [1.82, 2.24) is 4.90 Å². The van der Waals surface area contributed by atoms with Gasteiger partial charge in [0.25, 0.3) is 0 Å². The zero-order chi connectivity index (χ0) is 12.4. The molecule has 0 aromatic heterocycles. The normalized spacial score (nSPS) is 17.3. The molecule has 17 heavy (non-hydrogen) atoms. The van der Waals surface area contributed by atoms with Crippen LogP contribution >= 0.6 is 23.2 Å². The van der Waals surface area contributed by atoms with E-state index in [4.69, 9.17) is 27.9 Å². The highest BCUT2D eigenvalue weighted by atomic mass is 35.5. The summed E-state index contributed by atoms with van der Waals surface area (Å²) in [6, 6.07) is 3.61. The largest absolute Gasteiger partial charge is 0.497 e. The molecule has 1 saturated heterocycles. The van der Waals surface area contributed by atoms with Crippen molar-refractivity contribution >= 4 is 28.9 Å². The van der Waals surface area contributed by atoms with Crippen molar-refractivity contribution in [2.24, 2.45) is 0 Å². The molecule has 0 aliphatic carbocycles. The average Bonchev–Trinajstić information content (AvgIpc) is 2.30. The van der Waals surface area contributed by atoms with E-state index in [-0.39, 0.29) is 0 Å². The average molecular weight is 275 g/mol. The highest BCUT2D eigenvalue weighted by Gasteiger charge is 2.19. The fraction of sp³-hybridized carbons (Fsp3) is 0.500. The Labute approximate surface area is 112 Å². The van der Waals surface area contributed by atoms with Gasteiger partial charge in [-0.1, -0.05) is 23.2 Å². The van der Waals surface area contributed by atoms with Crippen molar-refractivity contribution in [2.75, 3.05) is 45.2 Å². The van der Waals surface area contributed by atoms with Crippen LogP contribution < -0.4 is 9.64 Å². The molecule has 1 aromatic rings. The molecule has 0 spiro atoms. The molecule has 0 amide bonds. The summed E-state index contributed by atoms with van der Waals surface area (Å²) in [5, 5.41) is 1.30. The molecule has 0 unspecified atom stereocenters. The first-order valence-electron chi connectivity index (χ1n) is 5.58. The summed E-state index contributed by atoms with van der Waals surface area (Å²) >= 11 is 12.5. The Balaban J connectivity index is 2.26. The molecule has 3 nitrogen and oxygen atoms in total. The van der Waals surface area contributed by atoms with Gasteiger partial charge in [0, 0.05) is 38.3 Å². The van der Waals surface area contributed by atoms with E-state index in [0.29, 0.717) is 15.8 Å². The highest BCUT2D eigenvalue weighted by Crippen LogP contribution is 2.37. The molecule has 0 N–H and O–H groups in total. The molecule has 94 valence electrons. The zero-order valence-electron chi connectivity index (χ0n) is 10.0. The first-order valence-corrected chi connectivity index (χ1v) is 6.34. The van der Waals surface area contributed by atoms with E-state index < -0.39 is 0 Å². The molecule has 1 heterocycles. The molecule has 5 heteroatoms. The van der Waals surface area contributed by atoms with Crippen molar-refractivity contribution in [2.45, 2.75) is 0 Å². The first-order chi connectivity index (χ1) is 8.11. The Kier molecular flexibility index (Phi) is 4.02. The number of hydrogen-bond donors (Lipinski definition) is 0. The first kappa shape index (κ1) is 12.8. The van der Waals surface area contributed by atoms with E-state index in [9.17, 15) is 0 Å². The maximum Gasteiger partial charge on any atom is 0.121 e. The summed E-state index contributed by atoms with van der Waals surface area (Å²) in [7, 11) is 3.73. The second kappa shape index (κ2) is 5.34. The van der Waals surface area contributed by atoms with Crippen LogP contribution in [0.4, 0.5) is 5.69 Å². The van der Waals surface area contributed by atoms with Crippen LogP contribution in [0.3, 0.4) is 0 Å². The standard InChI is InChI=1S/C12H16Cl2N2O/c1-15-3-5-16(6-4-15)12-10(13)7-9(17-2)8-11(12)14/h7-8H,3-6H2,1-2H3. The molecule has 0 bridgehead atoms. The molecular formula is C12H16Cl2N2O. The van der Waals surface area contributed by atoms with Gasteiger partial charge in [-0.15, -0.1) is 0 Å². The van der Waals surface area contributed by atoms with E-state index >= 15 is 0 Å². The molecule has 0 radical (unpaired) electrons. The molecule has 1 aliphatic rings. The molecule has 0 saturated carbocycles. The van der Waals surface area contributed by atoms with E-state index in [1.165, 1.54) is 0 Å². The van der Waals surface area contributed by atoms with E-state index in [2.05, 4.69) is 16.8 Å². The maximum absolute atomic E-state index is 6.26. The van der Waals surface area contributed by atoms with Crippen molar-refractivity contribution in [3.8, 4) is 5.75 Å². The number of halogens is 2. The second-order valence-electron chi connectivity index (χ2n) is 4.23. The van der Waals surface area contributed by atoms with Gasteiger partial charge in [0.1, 0.15) is 5.75 Å². The zero-order valence-corrected chi connectivity index (χ0v) is 11.6. The van der Waals surface area contributed by atoms with Gasteiger partial charge < -0.3 is 14.5 Å². The molecule has 1 aromatic carbocycles. The lowest BCUT2D eigenvalue weighted by Crippen LogP contribution is -2.44. The highest BCUT2D eigenvalue weighted by molar-refractivity contribution is 6.39. The van der Waals surface area contributed by atoms with Crippen LogP contribution in [0.5, 0.6) is 5.75 Å². The van der Waals surface area contributed by atoms with Crippen LogP contribution in [0.25, 0.3) is 0 Å². The van der Waals surface area contributed by atoms with Crippen LogP contribution in [0.1, 0.15) is 0 Å². The van der Waals surface area contributed by atoms with Crippen molar-refractivity contribution in [3.63, 3.8) is 0 Å². The Morgan fingerprint density at radius 2 is 1.59 bits per heavy atom. The topological polar surface area (TPSA) is 15.7 Å². The van der Waals surface area contributed by atoms with E-state index in [1.54, 1.807) is 19.2 Å². The second-order valence-corrected chi connectivity index (χ2v) is 5.04. The molecule has 1 aliphatic heterocycles. The van der Waals surface area contributed by atoms with Crippen molar-refractivity contribution < 1.29 is 4.74 Å². The van der Waals surface area contributed by atoms with Crippen molar-refractivity contribution in [3.05, 3.63) is 22.2 Å². The number of anilines is 1. The smallest absolute Gasteiger partial charge is 0.121 e. The van der Waals surface area contributed by atoms with E-state index in [0.717, 1.165) is 31.9 Å². The third-order valence-electron chi connectivity index (χ3n) is 3.05. The minimum Gasteiger partial charge on any atom is -0.497 e. The van der Waals surface area contributed by atoms with Gasteiger partial charge in [-0.3, -0.25) is 0 Å². The van der Waals surface area contributed by atoms with Gasteiger partial charge in [0.15, 0.2) is 0 Å². The third-order valence-corrected chi connectivity index (χ3v) is 3.62. The number of ether oxygens (including phenoxy) is 1. The summed E-state index contributed by atoms with van der Waals surface area (Å²) in [4.78, 5) is 4.52. The van der Waals surface area contributed by atoms with Crippen LogP contribution in [0, 0.1) is 0 Å². The molecule has 0 atom stereocenters. The number of methoxy groups -OCH3 is 1. The van der Waals surface area contributed by atoms with Gasteiger partial charge in [-0.2, -0.15) is 0 Å². The molecular weight excluding hydrogens is 259 g/mol. The number of hydrogen-bond acceptors (Lipinski definition) is 3. The predicted molar refractivity (Wildman–Crippen MR) is 72.7 cm³/mol. The van der Waals surface area contributed by atoms with E-state index in [1.807, 2.05) is 0 Å². The minimum absolute atomic E-state index is 0.652. The third kappa shape index (κ3) is 2.79. The summed E-state index contributed by atoms with van der Waals surface area (Å²) in [5.74, 6) is 0.692. The summed E-state index contributed by atoms with van der Waals surface area (Å²) in [6.07, 6.45) is 0. The SMILES string of the molecule is COc1cc(Cl)c(N2CCN(C)CC2)c(Cl)c1. The summed E-state index contributed by atoms with van der Waals surface area (Å²) < 4.78 is 5.14. The van der Waals surface area contributed by atoms with Crippen LogP contribution in [-0.2, 0) is 0 Å². The summed E-state index contributed by atoms with van der Waals surface area (Å²) in [6.45, 7) is 3.95. The lowest BCUT2D eigenvalue weighted by Gasteiger charge is -2.35. The lowest BCUT2D eigenvalue weighted by atomic mass is 10.2. The molecule has 1 fully saturated rings. The van der Waals surface area contributed by atoms with Gasteiger partial charge in [-0.25, -0.2) is 0 Å². The Morgan fingerprint density at radius 1 is 1.06 bits per heavy atom. The molecule has 2 rings (SSSR count). The van der Waals surface area contributed by atoms with Crippen LogP contribution in [0.15, 0.2) is 12.1 Å². The number of rotatable bonds is 2. The van der Waals surface area contributed by atoms with Crippen LogP contribution in [0.2, 0.25) is 10.0 Å². The number of nitrogens with zero attached hydrogens (tertiary/aromatic N) is 2. The van der Waals surface area contributed by atoms with Gasteiger partial charge >= 0.3 is 0 Å². The summed E-state index contributed by atoms with van der Waals surface area (Å²) in [5.41, 5.74) is 0.919. The Hall–Kier alpha value is -0.640. The Morgan fingerprint density at radius 3 is 2.06 bits per heavy atom. The predicted octanol–water partition coefficient (Wildman–Crippen LogP) is 2.75. The van der Waals surface area contributed by atoms with Gasteiger partial charge in [0.2, 0.25) is 0 Å². The fourth-order valence-corrected chi connectivity index (χ4v) is 2.70. The van der Waals surface area contributed by atoms with Gasteiger partial charge in [0.05, 0.1) is 22.8 Å². The fourth-order valence-electron chi connectivity index (χ4n) is 1.99. The monoisotopic (exact) mass is 274 g/mol. The van der Waals surface area contributed by atoms with Crippen LogP contribution in [-0.4, -0.2) is 45.2 Å².